The Morgan fingerprint density at radius 3 is 2.83 bits per heavy atom. The maximum Gasteiger partial charge on any atom is 0.192 e. The zero-order valence-electron chi connectivity index (χ0n) is 13.5. The first kappa shape index (κ1) is 15.2. The van der Waals surface area contributed by atoms with Crippen LogP contribution in [0.5, 0.6) is 0 Å². The number of benzene rings is 2. The van der Waals surface area contributed by atoms with E-state index in [0.717, 1.165) is 33.8 Å². The molecule has 3 aromatic rings. The van der Waals surface area contributed by atoms with Gasteiger partial charge < -0.3 is 4.42 Å². The fourth-order valence-corrected chi connectivity index (χ4v) is 3.49. The lowest BCUT2D eigenvalue weighted by Crippen LogP contribution is -2.29. The molecule has 1 aliphatic rings. The average molecular weight is 338 g/mol. The van der Waals surface area contributed by atoms with Crippen molar-refractivity contribution in [2.24, 2.45) is 4.99 Å². The van der Waals surface area contributed by atoms with Gasteiger partial charge in [-0.25, -0.2) is 0 Å². The summed E-state index contributed by atoms with van der Waals surface area (Å²) < 4.78 is 5.40. The molecular formula is C20H16ClNO2. The highest BCUT2D eigenvalue weighted by molar-refractivity contribution is 6.32. The molecule has 0 amide bonds. The van der Waals surface area contributed by atoms with Crippen LogP contribution in [0.25, 0.3) is 11.0 Å². The lowest BCUT2D eigenvalue weighted by Gasteiger charge is -2.30. The summed E-state index contributed by atoms with van der Waals surface area (Å²) in [4.78, 5) is 17.0. The van der Waals surface area contributed by atoms with Crippen molar-refractivity contribution in [3.8, 4) is 0 Å². The summed E-state index contributed by atoms with van der Waals surface area (Å²) in [6.45, 7) is 4.18. The molecule has 1 aromatic heterocycles. The van der Waals surface area contributed by atoms with Gasteiger partial charge in [0.15, 0.2) is 5.43 Å². The first-order valence-electron chi connectivity index (χ1n) is 7.84. The normalized spacial score (nSPS) is 15.9. The monoisotopic (exact) mass is 337 g/mol. The predicted molar refractivity (Wildman–Crippen MR) is 97.4 cm³/mol. The fourth-order valence-electron chi connectivity index (χ4n) is 3.25. The van der Waals surface area contributed by atoms with Crippen molar-refractivity contribution in [2.75, 3.05) is 0 Å². The smallest absolute Gasteiger partial charge is 0.192 e. The SMILES string of the molecule is CC1(C)Cc2c(Cl)cccc2C(c2ccc3occc(=O)c3c2)=N1. The molecule has 0 saturated heterocycles. The van der Waals surface area contributed by atoms with Crippen molar-refractivity contribution in [3.05, 3.63) is 80.7 Å². The van der Waals surface area contributed by atoms with Crippen LogP contribution in [0.3, 0.4) is 0 Å². The number of rotatable bonds is 1. The Labute approximate surface area is 144 Å². The summed E-state index contributed by atoms with van der Waals surface area (Å²) in [6, 6.07) is 12.9. The number of fused-ring (bicyclic) bond motifs is 2. The van der Waals surface area contributed by atoms with Gasteiger partial charge in [0, 0.05) is 22.2 Å². The van der Waals surface area contributed by atoms with Crippen LogP contribution in [-0.2, 0) is 6.42 Å². The Bertz CT molecular complexity index is 1050. The van der Waals surface area contributed by atoms with E-state index in [-0.39, 0.29) is 11.0 Å². The minimum absolute atomic E-state index is 0.0555. The van der Waals surface area contributed by atoms with Crippen molar-refractivity contribution in [3.63, 3.8) is 0 Å². The Morgan fingerprint density at radius 2 is 2.00 bits per heavy atom. The summed E-state index contributed by atoms with van der Waals surface area (Å²) in [5.74, 6) is 0. The zero-order valence-corrected chi connectivity index (χ0v) is 14.2. The average Bonchev–Trinajstić information content (AvgIpc) is 2.55. The van der Waals surface area contributed by atoms with Crippen molar-refractivity contribution in [1.82, 2.24) is 0 Å². The second kappa shape index (κ2) is 5.32. The van der Waals surface area contributed by atoms with E-state index in [1.807, 2.05) is 36.4 Å². The molecule has 0 bridgehead atoms. The van der Waals surface area contributed by atoms with Crippen molar-refractivity contribution >= 4 is 28.3 Å². The van der Waals surface area contributed by atoms with Crippen LogP contribution in [0, 0.1) is 0 Å². The Morgan fingerprint density at radius 1 is 1.17 bits per heavy atom. The van der Waals surface area contributed by atoms with E-state index in [1.54, 1.807) is 0 Å². The van der Waals surface area contributed by atoms with Crippen LogP contribution in [0.15, 0.2) is 62.9 Å². The highest BCUT2D eigenvalue weighted by Gasteiger charge is 2.29. The van der Waals surface area contributed by atoms with E-state index in [0.29, 0.717) is 11.0 Å². The third kappa shape index (κ3) is 2.45. The number of halogens is 1. The van der Waals surface area contributed by atoms with Crippen molar-refractivity contribution in [2.45, 2.75) is 25.8 Å². The molecule has 0 atom stereocenters. The van der Waals surface area contributed by atoms with Gasteiger partial charge >= 0.3 is 0 Å². The summed E-state index contributed by atoms with van der Waals surface area (Å²) in [5.41, 5.74) is 4.18. The first-order chi connectivity index (χ1) is 11.4. The van der Waals surface area contributed by atoms with Crippen LogP contribution >= 0.6 is 11.6 Å². The number of nitrogens with zero attached hydrogens (tertiary/aromatic N) is 1. The first-order valence-corrected chi connectivity index (χ1v) is 8.22. The molecule has 0 radical (unpaired) electrons. The molecule has 120 valence electrons. The van der Waals surface area contributed by atoms with Crippen LogP contribution < -0.4 is 5.43 Å². The van der Waals surface area contributed by atoms with Gasteiger partial charge in [-0.3, -0.25) is 9.79 Å². The minimum Gasteiger partial charge on any atom is -0.464 e. The van der Waals surface area contributed by atoms with E-state index < -0.39 is 0 Å². The summed E-state index contributed by atoms with van der Waals surface area (Å²) in [5, 5.41) is 1.32. The van der Waals surface area contributed by atoms with Crippen molar-refractivity contribution < 1.29 is 4.42 Å². The van der Waals surface area contributed by atoms with Gasteiger partial charge in [-0.2, -0.15) is 0 Å². The molecule has 0 fully saturated rings. The van der Waals surface area contributed by atoms with Gasteiger partial charge in [0.25, 0.3) is 0 Å². The summed E-state index contributed by atoms with van der Waals surface area (Å²) in [6.07, 6.45) is 2.21. The van der Waals surface area contributed by atoms with Gasteiger partial charge in [0.05, 0.1) is 22.9 Å². The van der Waals surface area contributed by atoms with E-state index in [4.69, 9.17) is 21.0 Å². The van der Waals surface area contributed by atoms with Crippen LogP contribution in [0.1, 0.15) is 30.5 Å². The largest absolute Gasteiger partial charge is 0.464 e. The second-order valence-corrected chi connectivity index (χ2v) is 7.12. The molecule has 0 aliphatic carbocycles. The van der Waals surface area contributed by atoms with Gasteiger partial charge in [-0.1, -0.05) is 23.7 Å². The molecule has 2 aromatic carbocycles. The van der Waals surface area contributed by atoms with Crippen LogP contribution in [0.4, 0.5) is 0 Å². The molecule has 4 rings (SSSR count). The quantitative estimate of drug-likeness (QED) is 0.650. The summed E-state index contributed by atoms with van der Waals surface area (Å²) >= 11 is 6.42. The molecule has 0 N–H and O–H groups in total. The van der Waals surface area contributed by atoms with Gasteiger partial charge in [0.2, 0.25) is 0 Å². The Kier molecular flexibility index (Phi) is 3.36. The Hall–Kier alpha value is -2.39. The molecule has 0 saturated carbocycles. The number of aliphatic imine (C=N–C) groups is 1. The lowest BCUT2D eigenvalue weighted by molar-refractivity contribution is 0.513. The highest BCUT2D eigenvalue weighted by Crippen LogP contribution is 2.33. The Balaban J connectivity index is 1.99. The molecule has 4 heteroatoms. The number of hydrogen-bond acceptors (Lipinski definition) is 3. The molecule has 2 heterocycles. The lowest BCUT2D eigenvalue weighted by atomic mass is 9.85. The molecule has 24 heavy (non-hydrogen) atoms. The molecule has 0 unspecified atom stereocenters. The molecule has 1 aliphatic heterocycles. The number of hydrogen-bond donors (Lipinski definition) is 0. The standard InChI is InChI=1S/C20H16ClNO2/c1-20(2)11-15-13(4-3-5-16(15)21)19(22-20)12-6-7-18-14(10-12)17(23)8-9-24-18/h3-10H,11H2,1-2H3. The minimum atomic E-state index is -0.246. The van der Waals surface area contributed by atoms with Crippen LogP contribution in [0.2, 0.25) is 5.02 Å². The zero-order chi connectivity index (χ0) is 16.9. The summed E-state index contributed by atoms with van der Waals surface area (Å²) in [7, 11) is 0. The highest BCUT2D eigenvalue weighted by atomic mass is 35.5. The van der Waals surface area contributed by atoms with E-state index >= 15 is 0 Å². The third-order valence-electron chi connectivity index (χ3n) is 4.33. The van der Waals surface area contributed by atoms with Gasteiger partial charge in [-0.05, 0) is 50.1 Å². The molecule has 0 spiro atoms. The fraction of sp³-hybridized carbons (Fsp3) is 0.200. The van der Waals surface area contributed by atoms with Crippen LogP contribution in [-0.4, -0.2) is 11.3 Å². The van der Waals surface area contributed by atoms with Gasteiger partial charge in [0.1, 0.15) is 5.58 Å². The molecule has 3 nitrogen and oxygen atoms in total. The van der Waals surface area contributed by atoms with E-state index in [2.05, 4.69) is 13.8 Å². The maximum atomic E-state index is 12.1. The van der Waals surface area contributed by atoms with Crippen molar-refractivity contribution in [1.29, 1.82) is 0 Å². The van der Waals surface area contributed by atoms with E-state index in [9.17, 15) is 4.79 Å². The van der Waals surface area contributed by atoms with Gasteiger partial charge in [-0.15, -0.1) is 0 Å². The molecular weight excluding hydrogens is 322 g/mol. The van der Waals surface area contributed by atoms with E-state index in [1.165, 1.54) is 12.3 Å². The third-order valence-corrected chi connectivity index (χ3v) is 4.68. The second-order valence-electron chi connectivity index (χ2n) is 6.71. The predicted octanol–water partition coefficient (Wildman–Crippen LogP) is 4.62. The maximum absolute atomic E-state index is 12.1. The topological polar surface area (TPSA) is 42.6 Å².